The van der Waals surface area contributed by atoms with Gasteiger partial charge in [0, 0.05) is 36.3 Å². The van der Waals surface area contributed by atoms with Gasteiger partial charge in [-0.15, -0.1) is 5.10 Å². The van der Waals surface area contributed by atoms with Gasteiger partial charge in [0.15, 0.2) is 6.29 Å². The lowest BCUT2D eigenvalue weighted by atomic mass is 10.0. The second-order valence-corrected chi connectivity index (χ2v) is 13.8. The van der Waals surface area contributed by atoms with E-state index < -0.39 is 6.29 Å². The second-order valence-electron chi connectivity index (χ2n) is 12.8. The fraction of sp³-hybridized carbons (Fsp3) is 0.308. The largest absolute Gasteiger partial charge is 0.508 e. The van der Waals surface area contributed by atoms with Crippen molar-refractivity contribution in [1.82, 2.24) is 20.2 Å². The predicted molar refractivity (Wildman–Crippen MR) is 202 cm³/mol. The van der Waals surface area contributed by atoms with Crippen LogP contribution in [-0.2, 0) is 25.7 Å². The molecule has 1 saturated heterocycles. The molecule has 0 bridgehead atoms. The third kappa shape index (κ3) is 10.6. The number of anilines is 3. The maximum Gasteiger partial charge on any atom is 0.224 e. The number of nitrogens with one attached hydrogen (secondary N) is 2. The number of unbranched alkanes of at least 4 members (excludes halogenated alkanes) is 3. The van der Waals surface area contributed by atoms with E-state index >= 15 is 0 Å². The van der Waals surface area contributed by atoms with Gasteiger partial charge in [-0.3, -0.25) is 9.59 Å². The number of aliphatic hydroxyl groups excluding tert-OH is 1. The molecule has 1 fully saturated rings. The number of nitrogens with zero attached hydrogens (tertiary/aromatic N) is 4. The number of nitrogen functional groups attached to an aromatic ring is 1. The number of rotatable bonds is 16. The molecule has 5 aromatic rings. The Labute approximate surface area is 311 Å². The van der Waals surface area contributed by atoms with Gasteiger partial charge in [0.1, 0.15) is 5.75 Å². The van der Waals surface area contributed by atoms with E-state index in [0.29, 0.717) is 53.7 Å². The maximum atomic E-state index is 12.9. The molecule has 53 heavy (non-hydrogen) atoms. The van der Waals surface area contributed by atoms with E-state index in [9.17, 15) is 19.8 Å². The average Bonchev–Trinajstić information content (AvgIpc) is 3.65. The highest BCUT2D eigenvalue weighted by molar-refractivity contribution is 7.99. The molecule has 1 aliphatic heterocycles. The third-order valence-corrected chi connectivity index (χ3v) is 9.83. The summed E-state index contributed by atoms with van der Waals surface area (Å²) >= 11 is 1.46. The number of carbonyl (C=O) groups excluding carboxylic acids is 2. The van der Waals surface area contributed by atoms with Gasteiger partial charge < -0.3 is 36.1 Å². The van der Waals surface area contributed by atoms with Gasteiger partial charge >= 0.3 is 0 Å². The molecule has 0 radical (unpaired) electrons. The molecule has 4 aromatic carbocycles. The van der Waals surface area contributed by atoms with E-state index in [1.807, 2.05) is 60.7 Å². The van der Waals surface area contributed by atoms with Gasteiger partial charge in [0.05, 0.1) is 35.9 Å². The minimum Gasteiger partial charge on any atom is -0.508 e. The van der Waals surface area contributed by atoms with Gasteiger partial charge in [-0.05, 0) is 82.9 Å². The lowest BCUT2D eigenvalue weighted by Crippen LogP contribution is -2.31. The summed E-state index contributed by atoms with van der Waals surface area (Å²) in [5, 5.41) is 37.9. The van der Waals surface area contributed by atoms with Crippen LogP contribution in [0.1, 0.15) is 74.0 Å². The van der Waals surface area contributed by atoms with Crippen molar-refractivity contribution in [3.8, 4) is 11.4 Å². The molecule has 3 atom stereocenters. The third-order valence-electron chi connectivity index (χ3n) is 8.78. The fourth-order valence-corrected chi connectivity index (χ4v) is 6.86. The first-order valence-electron chi connectivity index (χ1n) is 17.6. The summed E-state index contributed by atoms with van der Waals surface area (Å²) in [6.07, 6.45) is 3.19. The summed E-state index contributed by atoms with van der Waals surface area (Å²) in [5.74, 6) is 0.523. The number of hydrogen-bond donors (Lipinski definition) is 5. The SMILES string of the molecule is Nc1ccccc1NC(=O)CCCCCCC(=O)Nc1cccc(C2OC(CSc3nnnn3-c3ccc(O)cc3)CC(c3ccc(CO)cc3)O2)c1. The van der Waals surface area contributed by atoms with E-state index in [0.717, 1.165) is 41.6 Å². The van der Waals surface area contributed by atoms with Crippen LogP contribution >= 0.6 is 11.8 Å². The highest BCUT2D eigenvalue weighted by Crippen LogP contribution is 2.40. The van der Waals surface area contributed by atoms with Crippen LogP contribution in [0.15, 0.2) is 102 Å². The molecule has 14 heteroatoms. The Morgan fingerprint density at radius 3 is 2.32 bits per heavy atom. The Balaban J connectivity index is 1.03. The molecule has 0 aliphatic carbocycles. The van der Waals surface area contributed by atoms with Crippen LogP contribution in [0.25, 0.3) is 5.69 Å². The monoisotopic (exact) mass is 737 g/mol. The van der Waals surface area contributed by atoms with Crippen molar-refractivity contribution in [3.63, 3.8) is 0 Å². The highest BCUT2D eigenvalue weighted by atomic mass is 32.2. The zero-order valence-electron chi connectivity index (χ0n) is 29.1. The lowest BCUT2D eigenvalue weighted by molar-refractivity contribution is -0.245. The summed E-state index contributed by atoms with van der Waals surface area (Å²) in [6.45, 7) is -0.0464. The standard InChI is InChI=1S/C39H43N7O6S/c40-33-10-5-6-11-34(33)42-37(50)13-4-2-1-3-12-36(49)41-29-9-7-8-28(22-29)38-51-32(23-35(52-38)27-16-14-26(24-47)15-17-27)25-53-39-43-44-45-46(39)30-18-20-31(48)21-19-30/h5-11,14-22,32,35,38,47-48H,1-4,12-13,23-25,40H2,(H,41,49)(H,42,50). The summed E-state index contributed by atoms with van der Waals surface area (Å²) in [5.41, 5.74) is 11.0. The van der Waals surface area contributed by atoms with Crippen molar-refractivity contribution < 1.29 is 29.3 Å². The number of hydrogen-bond acceptors (Lipinski definition) is 11. The van der Waals surface area contributed by atoms with Crippen molar-refractivity contribution in [2.45, 2.75) is 75.2 Å². The van der Waals surface area contributed by atoms with Crippen LogP contribution in [0.5, 0.6) is 5.75 Å². The van der Waals surface area contributed by atoms with Gasteiger partial charge in [0.2, 0.25) is 17.0 Å². The van der Waals surface area contributed by atoms with Gasteiger partial charge in [-0.1, -0.05) is 73.1 Å². The van der Waals surface area contributed by atoms with Crippen molar-refractivity contribution in [2.24, 2.45) is 0 Å². The summed E-state index contributed by atoms with van der Waals surface area (Å²) in [6, 6.07) is 29.0. The van der Waals surface area contributed by atoms with E-state index in [1.54, 1.807) is 41.1 Å². The molecule has 1 aliphatic rings. The molecule has 3 unspecified atom stereocenters. The summed E-state index contributed by atoms with van der Waals surface area (Å²) in [7, 11) is 0. The topological polar surface area (TPSA) is 187 Å². The Kier molecular flexibility index (Phi) is 13.1. The molecule has 6 N–H and O–H groups in total. The fourth-order valence-electron chi connectivity index (χ4n) is 5.95. The molecule has 1 aromatic heterocycles. The number of phenols is 1. The number of carbonyl (C=O) groups is 2. The highest BCUT2D eigenvalue weighted by Gasteiger charge is 2.33. The number of phenolic OH excluding ortho intramolecular Hbond substituents is 1. The van der Waals surface area contributed by atoms with Gasteiger partial charge in [-0.25, -0.2) is 0 Å². The van der Waals surface area contributed by atoms with Crippen molar-refractivity contribution in [2.75, 3.05) is 22.1 Å². The second kappa shape index (κ2) is 18.5. The number of para-hydroxylation sites is 2. The minimum atomic E-state index is -0.711. The smallest absolute Gasteiger partial charge is 0.224 e. The van der Waals surface area contributed by atoms with Crippen LogP contribution in [0.2, 0.25) is 0 Å². The van der Waals surface area contributed by atoms with Crippen LogP contribution in [0.4, 0.5) is 17.1 Å². The predicted octanol–water partition coefficient (Wildman–Crippen LogP) is 6.70. The molecule has 0 saturated carbocycles. The molecule has 2 amide bonds. The first-order valence-corrected chi connectivity index (χ1v) is 18.6. The molecule has 2 heterocycles. The Bertz CT molecular complexity index is 1960. The van der Waals surface area contributed by atoms with E-state index in [2.05, 4.69) is 26.2 Å². The number of aromatic nitrogens is 4. The normalized spacial score (nSPS) is 17.0. The van der Waals surface area contributed by atoms with Crippen molar-refractivity contribution in [3.05, 3.63) is 114 Å². The van der Waals surface area contributed by atoms with E-state index in [4.69, 9.17) is 15.2 Å². The van der Waals surface area contributed by atoms with Crippen molar-refractivity contribution in [1.29, 1.82) is 0 Å². The number of nitrogens with two attached hydrogens (primary N) is 1. The molecule has 6 rings (SSSR count). The average molecular weight is 738 g/mol. The van der Waals surface area contributed by atoms with Crippen LogP contribution < -0.4 is 16.4 Å². The van der Waals surface area contributed by atoms with Gasteiger partial charge in [-0.2, -0.15) is 4.68 Å². The number of ether oxygens (including phenoxy) is 2. The minimum absolute atomic E-state index is 0.0464. The van der Waals surface area contributed by atoms with Crippen LogP contribution in [-0.4, -0.2) is 54.1 Å². The quantitative estimate of drug-likeness (QED) is 0.0412. The van der Waals surface area contributed by atoms with Gasteiger partial charge in [0.25, 0.3) is 0 Å². The van der Waals surface area contributed by atoms with Crippen LogP contribution in [0.3, 0.4) is 0 Å². The van der Waals surface area contributed by atoms with E-state index in [-0.39, 0.29) is 36.4 Å². The Morgan fingerprint density at radius 1 is 0.849 bits per heavy atom. The number of aromatic hydroxyl groups is 1. The van der Waals surface area contributed by atoms with Crippen molar-refractivity contribution >= 4 is 40.6 Å². The molecular weight excluding hydrogens is 695 g/mol. The molecule has 276 valence electrons. The number of amides is 2. The maximum absolute atomic E-state index is 12.9. The van der Waals surface area contributed by atoms with E-state index in [1.165, 1.54) is 11.8 Å². The number of tetrazole rings is 1. The zero-order valence-corrected chi connectivity index (χ0v) is 30.0. The first kappa shape index (κ1) is 37.5. The zero-order chi connectivity index (χ0) is 37.0. The Morgan fingerprint density at radius 2 is 1.58 bits per heavy atom. The molecular formula is C39H43N7O6S. The summed E-state index contributed by atoms with van der Waals surface area (Å²) < 4.78 is 14.6. The molecule has 13 nitrogen and oxygen atoms in total. The Hall–Kier alpha value is -5.28. The van der Waals surface area contributed by atoms with Crippen LogP contribution in [0, 0.1) is 0 Å². The number of aliphatic hydroxyl groups is 1. The lowest BCUT2D eigenvalue weighted by Gasteiger charge is -2.36. The summed E-state index contributed by atoms with van der Waals surface area (Å²) in [4.78, 5) is 25.1. The number of benzene rings is 4. The number of thioether (sulfide) groups is 1. The molecule has 0 spiro atoms. The first-order chi connectivity index (χ1) is 25.8.